The number of ether oxygens (including phenoxy) is 1. The van der Waals surface area contributed by atoms with Crippen LogP contribution < -0.4 is 5.32 Å². The molecule has 0 spiro atoms. The fourth-order valence-electron chi connectivity index (χ4n) is 1.84. The van der Waals surface area contributed by atoms with Crippen molar-refractivity contribution in [1.29, 1.82) is 0 Å². The lowest BCUT2D eigenvalue weighted by Crippen LogP contribution is -2.43. The first kappa shape index (κ1) is 13.5. The third-order valence-electron chi connectivity index (χ3n) is 2.85. The summed E-state index contributed by atoms with van der Waals surface area (Å²) < 4.78 is 5.65. The van der Waals surface area contributed by atoms with Crippen LogP contribution in [0.5, 0.6) is 0 Å². The van der Waals surface area contributed by atoms with E-state index in [0.717, 1.165) is 12.8 Å². The van der Waals surface area contributed by atoms with Gasteiger partial charge in [-0.3, -0.25) is 4.79 Å². The standard InChI is InChI=1S/C12H23NO3/c1-12(2,15)11(14)13-8-9-16-10-6-4-3-5-7-10/h10,15H,3-9H2,1-2H3,(H,13,14). The summed E-state index contributed by atoms with van der Waals surface area (Å²) in [5.74, 6) is -0.347. The Morgan fingerprint density at radius 2 is 2.00 bits per heavy atom. The summed E-state index contributed by atoms with van der Waals surface area (Å²) in [6.45, 7) is 3.96. The number of rotatable bonds is 5. The molecule has 0 aromatic carbocycles. The van der Waals surface area contributed by atoms with E-state index < -0.39 is 5.60 Å². The molecular formula is C12H23NO3. The lowest BCUT2D eigenvalue weighted by Gasteiger charge is -2.22. The van der Waals surface area contributed by atoms with E-state index in [1.807, 2.05) is 0 Å². The maximum atomic E-state index is 11.3. The molecule has 0 heterocycles. The van der Waals surface area contributed by atoms with Crippen molar-refractivity contribution < 1.29 is 14.6 Å². The van der Waals surface area contributed by atoms with E-state index in [4.69, 9.17) is 4.74 Å². The van der Waals surface area contributed by atoms with Crippen LogP contribution in [0.3, 0.4) is 0 Å². The maximum absolute atomic E-state index is 11.3. The zero-order chi connectivity index (χ0) is 12.0. The fourth-order valence-corrected chi connectivity index (χ4v) is 1.84. The van der Waals surface area contributed by atoms with Gasteiger partial charge in [-0.15, -0.1) is 0 Å². The first-order chi connectivity index (χ1) is 7.50. The highest BCUT2D eigenvalue weighted by molar-refractivity contribution is 5.83. The Hall–Kier alpha value is -0.610. The van der Waals surface area contributed by atoms with Gasteiger partial charge in [0.25, 0.3) is 5.91 Å². The zero-order valence-electron chi connectivity index (χ0n) is 10.3. The summed E-state index contributed by atoms with van der Waals surface area (Å²) in [6, 6.07) is 0. The molecule has 4 heteroatoms. The molecule has 1 fully saturated rings. The SMILES string of the molecule is CC(C)(O)C(=O)NCCOC1CCCCC1. The normalized spacial score (nSPS) is 18.4. The molecule has 1 amide bonds. The van der Waals surface area contributed by atoms with E-state index in [-0.39, 0.29) is 5.91 Å². The van der Waals surface area contributed by atoms with Gasteiger partial charge in [0.05, 0.1) is 12.7 Å². The summed E-state index contributed by atoms with van der Waals surface area (Å²) in [6.07, 6.45) is 6.46. The molecule has 16 heavy (non-hydrogen) atoms. The highest BCUT2D eigenvalue weighted by atomic mass is 16.5. The van der Waals surface area contributed by atoms with Crippen molar-refractivity contribution >= 4 is 5.91 Å². The maximum Gasteiger partial charge on any atom is 0.251 e. The average Bonchev–Trinajstić information content (AvgIpc) is 2.24. The van der Waals surface area contributed by atoms with E-state index >= 15 is 0 Å². The van der Waals surface area contributed by atoms with Crippen molar-refractivity contribution in [2.75, 3.05) is 13.2 Å². The molecule has 0 bridgehead atoms. The topological polar surface area (TPSA) is 58.6 Å². The van der Waals surface area contributed by atoms with Crippen molar-refractivity contribution in [3.63, 3.8) is 0 Å². The molecule has 1 saturated carbocycles. The molecule has 0 radical (unpaired) electrons. The number of aliphatic hydroxyl groups is 1. The molecular weight excluding hydrogens is 206 g/mol. The van der Waals surface area contributed by atoms with Crippen LogP contribution in [0.4, 0.5) is 0 Å². The highest BCUT2D eigenvalue weighted by Crippen LogP contribution is 2.19. The minimum atomic E-state index is -1.30. The number of hydrogen-bond donors (Lipinski definition) is 2. The quantitative estimate of drug-likeness (QED) is 0.697. The van der Waals surface area contributed by atoms with Gasteiger partial charge in [-0.2, -0.15) is 0 Å². The second-order valence-electron chi connectivity index (χ2n) is 4.95. The Morgan fingerprint density at radius 3 is 2.56 bits per heavy atom. The fraction of sp³-hybridized carbons (Fsp3) is 0.917. The Balaban J connectivity index is 2.05. The third kappa shape index (κ3) is 4.94. The van der Waals surface area contributed by atoms with Crippen LogP contribution in [0.25, 0.3) is 0 Å². The van der Waals surface area contributed by atoms with E-state index in [1.54, 1.807) is 0 Å². The smallest absolute Gasteiger partial charge is 0.251 e. The van der Waals surface area contributed by atoms with E-state index in [0.29, 0.717) is 19.3 Å². The molecule has 1 aliphatic rings. The van der Waals surface area contributed by atoms with Gasteiger partial charge in [0.2, 0.25) is 0 Å². The first-order valence-electron chi connectivity index (χ1n) is 6.12. The lowest BCUT2D eigenvalue weighted by atomic mass is 9.98. The number of carbonyl (C=O) groups is 1. The molecule has 94 valence electrons. The molecule has 0 aromatic heterocycles. The summed E-state index contributed by atoms with van der Waals surface area (Å²) in [5, 5.41) is 12.0. The van der Waals surface area contributed by atoms with Crippen LogP contribution in [0.15, 0.2) is 0 Å². The second kappa shape index (κ2) is 6.21. The van der Waals surface area contributed by atoms with Crippen molar-refractivity contribution in [3.8, 4) is 0 Å². The van der Waals surface area contributed by atoms with Crippen molar-refractivity contribution in [2.24, 2.45) is 0 Å². The summed E-state index contributed by atoms with van der Waals surface area (Å²) in [5.41, 5.74) is -1.30. The van der Waals surface area contributed by atoms with Crippen LogP contribution in [0.2, 0.25) is 0 Å². The lowest BCUT2D eigenvalue weighted by molar-refractivity contribution is -0.136. The molecule has 1 aliphatic carbocycles. The Bertz CT molecular complexity index is 217. The highest BCUT2D eigenvalue weighted by Gasteiger charge is 2.23. The van der Waals surface area contributed by atoms with Crippen molar-refractivity contribution in [2.45, 2.75) is 57.7 Å². The second-order valence-corrected chi connectivity index (χ2v) is 4.95. The minimum Gasteiger partial charge on any atom is -0.381 e. The largest absolute Gasteiger partial charge is 0.381 e. The van der Waals surface area contributed by atoms with Gasteiger partial charge >= 0.3 is 0 Å². The predicted molar refractivity (Wildman–Crippen MR) is 62.1 cm³/mol. The monoisotopic (exact) mass is 229 g/mol. The average molecular weight is 229 g/mol. The first-order valence-corrected chi connectivity index (χ1v) is 6.12. The van der Waals surface area contributed by atoms with Crippen LogP contribution in [0.1, 0.15) is 46.0 Å². The summed E-state index contributed by atoms with van der Waals surface area (Å²) in [4.78, 5) is 11.3. The van der Waals surface area contributed by atoms with Gasteiger partial charge in [0, 0.05) is 6.54 Å². The molecule has 1 rings (SSSR count). The van der Waals surface area contributed by atoms with Gasteiger partial charge in [0.15, 0.2) is 0 Å². The number of amides is 1. The van der Waals surface area contributed by atoms with E-state index in [9.17, 15) is 9.90 Å². The van der Waals surface area contributed by atoms with Gasteiger partial charge in [-0.1, -0.05) is 19.3 Å². The molecule has 2 N–H and O–H groups in total. The van der Waals surface area contributed by atoms with Crippen LogP contribution in [-0.2, 0) is 9.53 Å². The summed E-state index contributed by atoms with van der Waals surface area (Å²) >= 11 is 0. The molecule has 0 aromatic rings. The van der Waals surface area contributed by atoms with Gasteiger partial charge in [-0.05, 0) is 26.7 Å². The van der Waals surface area contributed by atoms with Crippen LogP contribution >= 0.6 is 0 Å². The van der Waals surface area contributed by atoms with Crippen molar-refractivity contribution in [3.05, 3.63) is 0 Å². The molecule has 0 aliphatic heterocycles. The van der Waals surface area contributed by atoms with Gasteiger partial charge < -0.3 is 15.2 Å². The van der Waals surface area contributed by atoms with E-state index in [1.165, 1.54) is 33.1 Å². The van der Waals surface area contributed by atoms with Crippen molar-refractivity contribution in [1.82, 2.24) is 5.32 Å². The van der Waals surface area contributed by atoms with Gasteiger partial charge in [0.1, 0.15) is 5.60 Å². The molecule has 0 unspecified atom stereocenters. The predicted octanol–water partition coefficient (Wildman–Crippen LogP) is 1.22. The third-order valence-corrected chi connectivity index (χ3v) is 2.85. The minimum absolute atomic E-state index is 0.347. The molecule has 0 atom stereocenters. The van der Waals surface area contributed by atoms with Crippen LogP contribution in [0, 0.1) is 0 Å². The van der Waals surface area contributed by atoms with E-state index in [2.05, 4.69) is 5.32 Å². The molecule has 0 saturated heterocycles. The summed E-state index contributed by atoms with van der Waals surface area (Å²) in [7, 11) is 0. The Kier molecular flexibility index (Phi) is 5.22. The van der Waals surface area contributed by atoms with Gasteiger partial charge in [-0.25, -0.2) is 0 Å². The number of hydrogen-bond acceptors (Lipinski definition) is 3. The molecule has 4 nitrogen and oxygen atoms in total. The van der Waals surface area contributed by atoms with Crippen LogP contribution in [-0.4, -0.2) is 35.9 Å². The zero-order valence-corrected chi connectivity index (χ0v) is 10.3. The number of carbonyl (C=O) groups excluding carboxylic acids is 1. The Morgan fingerprint density at radius 1 is 1.38 bits per heavy atom. The Labute approximate surface area is 97.4 Å². The number of nitrogens with one attached hydrogen (secondary N) is 1.